The number of aliphatic hydroxyl groups is 2. The van der Waals surface area contributed by atoms with E-state index in [0.29, 0.717) is 12.0 Å². The van der Waals surface area contributed by atoms with Crippen molar-refractivity contribution in [2.45, 2.75) is 252 Å². The van der Waals surface area contributed by atoms with E-state index in [1.165, 1.54) is 83.9 Å². The number of hydrogen-bond acceptors (Lipinski definition) is 22. The van der Waals surface area contributed by atoms with Crippen LogP contribution in [0.2, 0.25) is 0 Å². The maximum Gasteiger partial charge on any atom is 0.305 e. The zero-order valence-electron chi connectivity index (χ0n) is 66.5. The predicted octanol–water partition coefficient (Wildman–Crippen LogP) is -4.64. The van der Waals surface area contributed by atoms with Gasteiger partial charge < -0.3 is 116 Å². The molecule has 2 aromatic heterocycles. The minimum absolute atomic E-state index is 0.102. The first-order valence-electron chi connectivity index (χ1n) is 37.3. The van der Waals surface area contributed by atoms with E-state index in [1.807, 2.05) is 6.92 Å². The van der Waals surface area contributed by atoms with Crippen molar-refractivity contribution >= 4 is 101 Å². The number of carbonyl (C=O) groups is 17. The van der Waals surface area contributed by atoms with Crippen LogP contribution < -0.4 is 80.2 Å². The van der Waals surface area contributed by atoms with Crippen molar-refractivity contribution in [2.75, 3.05) is 0 Å². The Hall–Kier alpha value is -11.7. The highest BCUT2D eigenvalue weighted by molar-refractivity contribution is 6.01. The second-order valence-electron chi connectivity index (χ2n) is 29.5. The Bertz CT molecular complexity index is 3800. The lowest BCUT2D eigenvalue weighted by atomic mass is 9.96. The molecule has 0 aliphatic heterocycles. The third kappa shape index (κ3) is 32.2. The van der Waals surface area contributed by atoms with Gasteiger partial charge in [0.25, 0.3) is 0 Å². The molecule has 114 heavy (non-hydrogen) atoms. The van der Waals surface area contributed by atoms with Gasteiger partial charge in [-0.3, -0.25) is 81.5 Å². The Balaban J connectivity index is 1.84. The molecule has 632 valence electrons. The molecular weight excluding hydrogens is 1490 g/mol. The third-order valence-electron chi connectivity index (χ3n) is 18.1. The average molecular weight is 1610 g/mol. The number of aliphatic hydroxyl groups excluding tert-OH is 2. The number of phenols is 1. The smallest absolute Gasteiger partial charge is 0.305 e. The van der Waals surface area contributed by atoms with Crippen LogP contribution in [-0.2, 0) is 101 Å². The van der Waals surface area contributed by atoms with Gasteiger partial charge in [-0.25, -0.2) is 9.97 Å². The van der Waals surface area contributed by atoms with Crippen molar-refractivity contribution in [3.05, 3.63) is 66.3 Å². The molecule has 0 saturated heterocycles. The number of nitrogens with two attached hydrogens (primary N) is 1. The van der Waals surface area contributed by atoms with Crippen LogP contribution in [0, 0.1) is 29.6 Å². The van der Waals surface area contributed by atoms with Gasteiger partial charge in [0.2, 0.25) is 88.6 Å². The summed E-state index contributed by atoms with van der Waals surface area (Å²) >= 11 is 0. The number of carboxylic acid groups (broad SMARTS) is 2. The number of rotatable bonds is 48. The zero-order chi connectivity index (χ0) is 86.3. The number of nitrogens with one attached hydrogen (secondary N) is 16. The van der Waals surface area contributed by atoms with Gasteiger partial charge in [-0.1, -0.05) is 87.8 Å². The minimum Gasteiger partial charge on any atom is -0.508 e. The van der Waals surface area contributed by atoms with Gasteiger partial charge >= 0.3 is 11.9 Å². The second-order valence-corrected chi connectivity index (χ2v) is 29.5. The number of aromatic hydroxyl groups is 1. The Kier molecular flexibility index (Phi) is 39.3. The van der Waals surface area contributed by atoms with Crippen LogP contribution in [0.5, 0.6) is 5.75 Å². The lowest BCUT2D eigenvalue weighted by Crippen LogP contribution is -2.63. The van der Waals surface area contributed by atoms with Gasteiger partial charge in [0, 0.05) is 56.4 Å². The molecule has 1 aromatic carbocycles. The average Bonchev–Trinajstić information content (AvgIpc) is 0.977. The van der Waals surface area contributed by atoms with E-state index < -0.39 is 240 Å². The van der Waals surface area contributed by atoms with E-state index in [0.717, 1.165) is 13.8 Å². The van der Waals surface area contributed by atoms with Gasteiger partial charge in [-0.15, -0.1) is 0 Å². The van der Waals surface area contributed by atoms with Crippen molar-refractivity contribution in [1.82, 2.24) is 94.4 Å². The standard InChI is InChI=1S/C73H113N19O22/c1-16-36(10)57(81-41(15)95)71(112)90-56(35(8)9)69(110)89-54(33(4)5)68(109)80-37(11)61(102)84-50(26-44-29-76-31-78-44)65(106)82-46(21-22-52(97)98)63(104)85-48(23-32(2)3)67(108)91-58(39(13)93)72(113)86-49(25-43-28-75-30-77-43)64(105)79-38(12)62(103)88-55(34(6)7)70(111)92-59(40(14)94)73(114)87-51(27-53(99)100)66(107)83-47(60(74)101)24-42-17-19-45(96)20-18-42/h17-20,28-40,46-51,54-59,93-94,96H,16,21-27H2,1-15H3,(H2,74,101)(H,75,77)(H,76,78)(H,79,105)(H,80,109)(H,81,95)(H,82,106)(H,83,107)(H,84,102)(H,85,104)(H,86,113)(H,87,114)(H,88,103)(H,89,110)(H,90,112)(H,91,108)(H,92,111)(H,97,98)(H,99,100)/t36-,37-,38-,39+,40+,46-,47-,48-,49-,50-,51-,54-,55-,56-,57-,58-,59-/m0/s1. The highest BCUT2D eigenvalue weighted by atomic mass is 16.4. The molecule has 3 rings (SSSR count). The number of hydrogen-bond donors (Lipinski definition) is 22. The highest BCUT2D eigenvalue weighted by Crippen LogP contribution is 2.17. The Morgan fingerprint density at radius 1 is 0.404 bits per heavy atom. The SMILES string of the molecule is CC[C@H](C)[C@H](NC(C)=O)C(=O)N[C@H](C(=O)N[C@H](C(=O)N[C@@H](C)C(=O)N[C@@H](Cc1cnc[nH]1)C(=O)N[C@@H](CCC(=O)O)C(=O)N[C@@H](CC(C)C)C(=O)N[C@H](C(=O)N[C@@H](Cc1cnc[nH]1)C(=O)N[C@@H](C)C(=O)N[C@H](C(=O)N[C@H](C(=O)N[C@@H](CC(=O)O)C(=O)N[C@@H](Cc1ccc(O)cc1)C(N)=O)[C@@H](C)O)C(C)C)[C@@H](C)O)C(C)C)C(C)C. The number of carbonyl (C=O) groups excluding carboxylic acids is 15. The number of phenolic OH excluding ortho intramolecular Hbond substituents is 1. The highest BCUT2D eigenvalue weighted by Gasteiger charge is 2.41. The van der Waals surface area contributed by atoms with Gasteiger partial charge in [0.15, 0.2) is 0 Å². The topological polar surface area (TPSA) is 643 Å². The molecule has 23 N–H and O–H groups in total. The minimum atomic E-state index is -1.92. The third-order valence-corrected chi connectivity index (χ3v) is 18.1. The molecule has 0 unspecified atom stereocenters. The van der Waals surface area contributed by atoms with Crippen molar-refractivity contribution in [1.29, 1.82) is 0 Å². The van der Waals surface area contributed by atoms with Crippen LogP contribution >= 0.6 is 0 Å². The molecule has 0 spiro atoms. The van der Waals surface area contributed by atoms with E-state index in [2.05, 4.69) is 94.4 Å². The Morgan fingerprint density at radius 3 is 1.17 bits per heavy atom. The summed E-state index contributed by atoms with van der Waals surface area (Å²) in [6.07, 6.45) is -1.37. The first-order chi connectivity index (χ1) is 53.2. The fraction of sp³-hybridized carbons (Fsp3) is 0.603. The second kappa shape index (κ2) is 46.4. The Labute approximate surface area is 658 Å². The molecule has 0 aliphatic rings. The fourth-order valence-corrected chi connectivity index (χ4v) is 11.3. The number of imidazole rings is 2. The maximum atomic E-state index is 14.4. The number of carboxylic acids is 2. The van der Waals surface area contributed by atoms with E-state index in [-0.39, 0.29) is 48.7 Å². The van der Waals surface area contributed by atoms with E-state index in [1.54, 1.807) is 48.5 Å². The molecule has 2 heterocycles. The zero-order valence-corrected chi connectivity index (χ0v) is 66.5. The number of amides is 15. The lowest BCUT2D eigenvalue weighted by molar-refractivity contribution is -0.142. The molecule has 41 nitrogen and oxygen atoms in total. The van der Waals surface area contributed by atoms with Gasteiger partial charge in [-0.2, -0.15) is 0 Å². The van der Waals surface area contributed by atoms with Crippen LogP contribution in [0.3, 0.4) is 0 Å². The van der Waals surface area contributed by atoms with Crippen LogP contribution in [0.1, 0.15) is 153 Å². The van der Waals surface area contributed by atoms with Crippen molar-refractivity contribution in [3.8, 4) is 5.75 Å². The number of benzene rings is 1. The quantitative estimate of drug-likeness (QED) is 0.0253. The van der Waals surface area contributed by atoms with Gasteiger partial charge in [-0.05, 0) is 87.8 Å². The van der Waals surface area contributed by atoms with Crippen molar-refractivity contribution in [3.63, 3.8) is 0 Å². The van der Waals surface area contributed by atoms with E-state index in [4.69, 9.17) is 5.73 Å². The number of aliphatic carboxylic acids is 2. The molecule has 0 saturated carbocycles. The summed E-state index contributed by atoms with van der Waals surface area (Å²) in [4.78, 5) is 244. The number of H-pyrrole nitrogens is 2. The molecule has 0 radical (unpaired) electrons. The van der Waals surface area contributed by atoms with Crippen molar-refractivity contribution in [2.24, 2.45) is 35.3 Å². The molecule has 0 aliphatic carbocycles. The van der Waals surface area contributed by atoms with Crippen molar-refractivity contribution < 1.29 is 107 Å². The molecule has 17 atom stereocenters. The summed E-state index contributed by atoms with van der Waals surface area (Å²) in [5, 5.41) is 85.3. The van der Waals surface area contributed by atoms with Crippen LogP contribution in [-0.4, -0.2) is 243 Å². The van der Waals surface area contributed by atoms with Crippen LogP contribution in [0.4, 0.5) is 0 Å². The molecule has 0 bridgehead atoms. The number of aromatic amines is 2. The lowest BCUT2D eigenvalue weighted by Gasteiger charge is -2.30. The van der Waals surface area contributed by atoms with Crippen LogP contribution in [0.15, 0.2) is 49.3 Å². The molecule has 15 amide bonds. The summed E-state index contributed by atoms with van der Waals surface area (Å²) < 4.78 is 0. The molecule has 0 fully saturated rings. The summed E-state index contributed by atoms with van der Waals surface area (Å²) in [5.74, 6) is -20.6. The monoisotopic (exact) mass is 1610 g/mol. The first kappa shape index (κ1) is 96.5. The first-order valence-corrected chi connectivity index (χ1v) is 37.3. The summed E-state index contributed by atoms with van der Waals surface area (Å²) in [7, 11) is 0. The number of nitrogens with zero attached hydrogens (tertiary/aromatic N) is 2. The number of primary amides is 1. The molecule has 41 heteroatoms. The fourth-order valence-electron chi connectivity index (χ4n) is 11.3. The maximum absolute atomic E-state index is 14.4. The Morgan fingerprint density at radius 2 is 0.754 bits per heavy atom. The van der Waals surface area contributed by atoms with Crippen LogP contribution in [0.25, 0.3) is 0 Å². The van der Waals surface area contributed by atoms with Gasteiger partial charge in [0.05, 0.1) is 31.3 Å². The van der Waals surface area contributed by atoms with Gasteiger partial charge in [0.1, 0.15) is 90.3 Å². The summed E-state index contributed by atoms with van der Waals surface area (Å²) in [5.41, 5.74) is 6.46. The summed E-state index contributed by atoms with van der Waals surface area (Å²) in [6.45, 7) is 22.3. The predicted molar refractivity (Wildman–Crippen MR) is 406 cm³/mol. The van der Waals surface area contributed by atoms with E-state index >= 15 is 0 Å². The molecule has 3 aromatic rings. The summed E-state index contributed by atoms with van der Waals surface area (Å²) in [6, 6.07) is -16.3. The van der Waals surface area contributed by atoms with E-state index in [9.17, 15) is 107 Å². The number of aromatic nitrogens is 4. The normalized spacial score (nSPS) is 15.8. The molecular formula is C73H113N19O22. The largest absolute Gasteiger partial charge is 0.508 e.